The zero-order valence-corrected chi connectivity index (χ0v) is 9.98. The lowest BCUT2D eigenvalue weighted by atomic mass is 10.3. The maximum absolute atomic E-state index is 5.60. The van der Waals surface area contributed by atoms with E-state index < -0.39 is 0 Å². The Morgan fingerprint density at radius 3 is 2.81 bits per heavy atom. The van der Waals surface area contributed by atoms with Gasteiger partial charge in [0.1, 0.15) is 0 Å². The summed E-state index contributed by atoms with van der Waals surface area (Å²) in [7, 11) is 0. The average molecular weight is 224 g/mol. The third-order valence-electron chi connectivity index (χ3n) is 2.15. The number of aromatic nitrogens is 1. The molecule has 4 nitrogen and oxygen atoms in total. The normalized spacial score (nSPS) is 12.7. The highest BCUT2D eigenvalue weighted by atomic mass is 16.5. The van der Waals surface area contributed by atoms with Crippen molar-refractivity contribution >= 4 is 0 Å². The van der Waals surface area contributed by atoms with E-state index in [1.807, 2.05) is 32.0 Å². The van der Waals surface area contributed by atoms with E-state index in [9.17, 15) is 0 Å². The summed E-state index contributed by atoms with van der Waals surface area (Å²) in [5, 5.41) is 0. The number of rotatable bonds is 7. The van der Waals surface area contributed by atoms with Gasteiger partial charge in [-0.25, -0.2) is 0 Å². The molecule has 1 aromatic rings. The number of ether oxygens (including phenoxy) is 2. The monoisotopic (exact) mass is 224 g/mol. The smallest absolute Gasteiger partial charge is 0.0892 e. The average Bonchev–Trinajstić information content (AvgIpc) is 2.34. The van der Waals surface area contributed by atoms with Gasteiger partial charge in [-0.15, -0.1) is 0 Å². The summed E-state index contributed by atoms with van der Waals surface area (Å²) >= 11 is 0. The van der Waals surface area contributed by atoms with Crippen molar-refractivity contribution in [3.05, 3.63) is 29.6 Å². The summed E-state index contributed by atoms with van der Waals surface area (Å²) in [6, 6.07) is 5.79. The van der Waals surface area contributed by atoms with Gasteiger partial charge < -0.3 is 15.2 Å². The molecule has 16 heavy (non-hydrogen) atoms. The van der Waals surface area contributed by atoms with Crippen LogP contribution in [0.15, 0.2) is 18.2 Å². The minimum absolute atomic E-state index is 0.0864. The fourth-order valence-corrected chi connectivity index (χ4v) is 1.28. The molecule has 1 aromatic heterocycles. The molecule has 1 atom stereocenters. The zero-order chi connectivity index (χ0) is 11.8. The van der Waals surface area contributed by atoms with Crippen molar-refractivity contribution in [2.45, 2.75) is 33.1 Å². The van der Waals surface area contributed by atoms with E-state index in [1.54, 1.807) is 0 Å². The lowest BCUT2D eigenvalue weighted by Gasteiger charge is -2.12. The highest BCUT2D eigenvalue weighted by molar-refractivity contribution is 5.10. The number of nitrogens with zero attached hydrogens (tertiary/aromatic N) is 1. The number of nitrogens with two attached hydrogens (primary N) is 1. The highest BCUT2D eigenvalue weighted by Gasteiger charge is 2.03. The standard InChI is InChI=1S/C12H20N2O2/c1-3-15-8-10(2)16-9-12-6-4-5-11(7-13)14-12/h4-6,10H,3,7-9,13H2,1-2H3. The van der Waals surface area contributed by atoms with Crippen molar-refractivity contribution in [1.29, 1.82) is 0 Å². The Morgan fingerprint density at radius 1 is 1.38 bits per heavy atom. The molecule has 0 aliphatic heterocycles. The molecule has 0 amide bonds. The highest BCUT2D eigenvalue weighted by Crippen LogP contribution is 2.03. The van der Waals surface area contributed by atoms with Gasteiger partial charge in [0.2, 0.25) is 0 Å². The lowest BCUT2D eigenvalue weighted by Crippen LogP contribution is -2.16. The maximum Gasteiger partial charge on any atom is 0.0892 e. The predicted molar refractivity (Wildman–Crippen MR) is 62.9 cm³/mol. The molecule has 0 aromatic carbocycles. The Bertz CT molecular complexity index is 305. The fourth-order valence-electron chi connectivity index (χ4n) is 1.28. The molecule has 2 N–H and O–H groups in total. The molecule has 4 heteroatoms. The van der Waals surface area contributed by atoms with Crippen LogP contribution in [0, 0.1) is 0 Å². The summed E-state index contributed by atoms with van der Waals surface area (Å²) in [6.07, 6.45) is 0.0864. The van der Waals surface area contributed by atoms with Gasteiger partial charge in [-0.05, 0) is 26.0 Å². The largest absolute Gasteiger partial charge is 0.379 e. The summed E-state index contributed by atoms with van der Waals surface area (Å²) in [5.41, 5.74) is 7.31. The van der Waals surface area contributed by atoms with E-state index in [4.69, 9.17) is 15.2 Å². The second-order valence-corrected chi connectivity index (χ2v) is 3.61. The van der Waals surface area contributed by atoms with E-state index in [-0.39, 0.29) is 6.10 Å². The van der Waals surface area contributed by atoms with Crippen LogP contribution in [-0.4, -0.2) is 24.3 Å². The second kappa shape index (κ2) is 7.33. The van der Waals surface area contributed by atoms with Gasteiger partial charge >= 0.3 is 0 Å². The molecule has 0 aliphatic rings. The van der Waals surface area contributed by atoms with Crippen LogP contribution in [-0.2, 0) is 22.6 Å². The van der Waals surface area contributed by atoms with Crippen LogP contribution in [0.3, 0.4) is 0 Å². The molecule has 1 heterocycles. The first-order valence-corrected chi connectivity index (χ1v) is 5.60. The van der Waals surface area contributed by atoms with Gasteiger partial charge in [-0.1, -0.05) is 6.07 Å². The van der Waals surface area contributed by atoms with Crippen LogP contribution < -0.4 is 5.73 Å². The molecule has 0 spiro atoms. The van der Waals surface area contributed by atoms with Crippen LogP contribution >= 0.6 is 0 Å². The van der Waals surface area contributed by atoms with Gasteiger partial charge in [0.15, 0.2) is 0 Å². The van der Waals surface area contributed by atoms with Crippen molar-refractivity contribution in [3.63, 3.8) is 0 Å². The molecular formula is C12H20N2O2. The molecule has 0 saturated heterocycles. The van der Waals surface area contributed by atoms with Crippen molar-refractivity contribution in [1.82, 2.24) is 4.98 Å². The Kier molecular flexibility index (Phi) is 6.00. The molecule has 0 bridgehead atoms. The molecule has 0 saturated carbocycles. The van der Waals surface area contributed by atoms with Gasteiger partial charge in [0, 0.05) is 13.2 Å². The molecule has 0 fully saturated rings. The SMILES string of the molecule is CCOCC(C)OCc1cccc(CN)n1. The van der Waals surface area contributed by atoms with E-state index in [1.165, 1.54) is 0 Å². The topological polar surface area (TPSA) is 57.4 Å². The first-order chi connectivity index (χ1) is 7.76. The van der Waals surface area contributed by atoms with Gasteiger partial charge in [0.25, 0.3) is 0 Å². The maximum atomic E-state index is 5.60. The first-order valence-electron chi connectivity index (χ1n) is 5.60. The molecule has 1 rings (SSSR count). The quantitative estimate of drug-likeness (QED) is 0.762. The summed E-state index contributed by atoms with van der Waals surface area (Å²) in [6.45, 7) is 6.26. The fraction of sp³-hybridized carbons (Fsp3) is 0.583. The van der Waals surface area contributed by atoms with Crippen molar-refractivity contribution in [2.75, 3.05) is 13.2 Å². The molecular weight excluding hydrogens is 204 g/mol. The first kappa shape index (κ1) is 13.1. The molecule has 0 aliphatic carbocycles. The van der Waals surface area contributed by atoms with Crippen LogP contribution in [0.5, 0.6) is 0 Å². The van der Waals surface area contributed by atoms with Crippen molar-refractivity contribution < 1.29 is 9.47 Å². The minimum Gasteiger partial charge on any atom is -0.379 e. The van der Waals surface area contributed by atoms with Crippen LogP contribution in [0.4, 0.5) is 0 Å². The summed E-state index contributed by atoms with van der Waals surface area (Å²) in [5.74, 6) is 0. The molecule has 1 unspecified atom stereocenters. The van der Waals surface area contributed by atoms with Gasteiger partial charge in [-0.3, -0.25) is 4.98 Å². The third-order valence-corrected chi connectivity index (χ3v) is 2.15. The Balaban J connectivity index is 2.35. The number of pyridine rings is 1. The summed E-state index contributed by atoms with van der Waals surface area (Å²) < 4.78 is 10.9. The van der Waals surface area contributed by atoms with Crippen LogP contribution in [0.25, 0.3) is 0 Å². The van der Waals surface area contributed by atoms with Gasteiger partial charge in [0.05, 0.1) is 30.7 Å². The summed E-state index contributed by atoms with van der Waals surface area (Å²) in [4.78, 5) is 4.35. The van der Waals surface area contributed by atoms with Crippen molar-refractivity contribution in [2.24, 2.45) is 5.73 Å². The Morgan fingerprint density at radius 2 is 2.12 bits per heavy atom. The number of hydrogen-bond donors (Lipinski definition) is 1. The molecule has 90 valence electrons. The lowest BCUT2D eigenvalue weighted by molar-refractivity contribution is -0.0127. The predicted octanol–water partition coefficient (Wildman–Crippen LogP) is 1.48. The van der Waals surface area contributed by atoms with Crippen LogP contribution in [0.1, 0.15) is 25.2 Å². The number of hydrogen-bond acceptors (Lipinski definition) is 4. The van der Waals surface area contributed by atoms with E-state index in [0.29, 0.717) is 26.4 Å². The van der Waals surface area contributed by atoms with Crippen LogP contribution in [0.2, 0.25) is 0 Å². The second-order valence-electron chi connectivity index (χ2n) is 3.61. The third kappa shape index (κ3) is 4.70. The zero-order valence-electron chi connectivity index (χ0n) is 9.98. The van der Waals surface area contributed by atoms with E-state index in [0.717, 1.165) is 11.4 Å². The Hall–Kier alpha value is -0.970. The van der Waals surface area contributed by atoms with Crippen molar-refractivity contribution in [3.8, 4) is 0 Å². The van der Waals surface area contributed by atoms with Gasteiger partial charge in [-0.2, -0.15) is 0 Å². The van der Waals surface area contributed by atoms with E-state index >= 15 is 0 Å². The molecule has 0 radical (unpaired) electrons. The Labute approximate surface area is 96.8 Å². The minimum atomic E-state index is 0.0864. The van der Waals surface area contributed by atoms with E-state index in [2.05, 4.69) is 4.98 Å².